The number of aromatic nitrogens is 5. The van der Waals surface area contributed by atoms with Gasteiger partial charge in [-0.3, -0.25) is 4.79 Å². The van der Waals surface area contributed by atoms with E-state index in [1.807, 2.05) is 24.3 Å². The fraction of sp³-hybridized carbons (Fsp3) is 0.111. The molecule has 0 aliphatic rings. The lowest BCUT2D eigenvalue weighted by Gasteiger charge is -2.05. The largest absolute Gasteiger partial charge is 0.301 e. The van der Waals surface area contributed by atoms with Crippen LogP contribution in [0.3, 0.4) is 0 Å². The molecule has 0 unspecified atom stereocenters. The average molecular weight is 475 g/mol. The molecule has 26 heavy (non-hydrogen) atoms. The van der Waals surface area contributed by atoms with Crippen molar-refractivity contribution in [2.75, 3.05) is 0 Å². The second kappa shape index (κ2) is 7.58. The standard InChI is InChI=1S/C18H14IN5OS/c19-13-7-5-12(6-8-13)11-26-18-20-14(9-17(25)21-18)10-24-16-4-2-1-3-15(16)22-23-24/h1-9H,10-11H2,(H,20,21,25). The molecule has 2 aromatic heterocycles. The van der Waals surface area contributed by atoms with Gasteiger partial charge in [0.25, 0.3) is 5.56 Å². The Bertz CT molecular complexity index is 1110. The second-order valence-corrected chi connectivity index (χ2v) is 7.90. The van der Waals surface area contributed by atoms with Gasteiger partial charge < -0.3 is 4.98 Å². The van der Waals surface area contributed by atoms with Gasteiger partial charge in [0.2, 0.25) is 0 Å². The van der Waals surface area contributed by atoms with Crippen molar-refractivity contribution in [3.63, 3.8) is 0 Å². The summed E-state index contributed by atoms with van der Waals surface area (Å²) in [5.74, 6) is 0.746. The first kappa shape index (κ1) is 17.2. The average Bonchev–Trinajstić information content (AvgIpc) is 3.04. The molecule has 1 N–H and O–H groups in total. The SMILES string of the molecule is O=c1cc(Cn2nnc3ccccc32)nc(SCc2ccc(I)cc2)[nH]1. The summed E-state index contributed by atoms with van der Waals surface area (Å²) >= 11 is 3.79. The maximum absolute atomic E-state index is 12.0. The lowest BCUT2D eigenvalue weighted by Crippen LogP contribution is -2.13. The van der Waals surface area contributed by atoms with Crippen LogP contribution in [0.25, 0.3) is 11.0 Å². The van der Waals surface area contributed by atoms with Crippen molar-refractivity contribution < 1.29 is 0 Å². The molecule has 4 rings (SSSR count). The number of aromatic amines is 1. The van der Waals surface area contributed by atoms with Gasteiger partial charge in [0.15, 0.2) is 5.16 Å². The normalized spacial score (nSPS) is 11.1. The van der Waals surface area contributed by atoms with Crippen LogP contribution in [0, 0.1) is 3.57 Å². The van der Waals surface area contributed by atoms with E-state index in [1.54, 1.807) is 4.68 Å². The number of halogens is 1. The number of hydrogen-bond acceptors (Lipinski definition) is 5. The monoisotopic (exact) mass is 475 g/mol. The number of benzene rings is 2. The Morgan fingerprint density at radius 3 is 2.77 bits per heavy atom. The Labute approximate surface area is 167 Å². The molecule has 2 heterocycles. The van der Waals surface area contributed by atoms with E-state index in [0.29, 0.717) is 17.4 Å². The van der Waals surface area contributed by atoms with Gasteiger partial charge in [-0.05, 0) is 52.4 Å². The van der Waals surface area contributed by atoms with Gasteiger partial charge >= 0.3 is 0 Å². The Balaban J connectivity index is 1.54. The van der Waals surface area contributed by atoms with E-state index in [4.69, 9.17) is 0 Å². The van der Waals surface area contributed by atoms with E-state index < -0.39 is 0 Å². The summed E-state index contributed by atoms with van der Waals surface area (Å²) in [5.41, 5.74) is 3.43. The predicted molar refractivity (Wildman–Crippen MR) is 110 cm³/mol. The van der Waals surface area contributed by atoms with Gasteiger partial charge in [-0.25, -0.2) is 9.67 Å². The van der Waals surface area contributed by atoms with Crippen LogP contribution in [-0.2, 0) is 12.3 Å². The highest BCUT2D eigenvalue weighted by atomic mass is 127. The molecule has 4 aromatic rings. The number of hydrogen-bond donors (Lipinski definition) is 1. The highest BCUT2D eigenvalue weighted by Gasteiger charge is 2.08. The summed E-state index contributed by atoms with van der Waals surface area (Å²) < 4.78 is 2.95. The van der Waals surface area contributed by atoms with Gasteiger partial charge in [-0.1, -0.05) is 41.2 Å². The zero-order chi connectivity index (χ0) is 17.9. The Kier molecular flexibility index (Phi) is 5.02. The lowest BCUT2D eigenvalue weighted by atomic mass is 10.2. The first-order valence-electron chi connectivity index (χ1n) is 7.93. The topological polar surface area (TPSA) is 76.5 Å². The number of para-hydroxylation sites is 1. The Hall–Kier alpha value is -2.20. The quantitative estimate of drug-likeness (QED) is 0.272. The summed E-state index contributed by atoms with van der Waals surface area (Å²) in [5, 5.41) is 8.90. The van der Waals surface area contributed by atoms with Gasteiger partial charge in [0, 0.05) is 15.4 Å². The van der Waals surface area contributed by atoms with Crippen LogP contribution < -0.4 is 5.56 Å². The summed E-state index contributed by atoms with van der Waals surface area (Å²) in [6.45, 7) is 0.404. The molecule has 130 valence electrons. The highest BCUT2D eigenvalue weighted by molar-refractivity contribution is 14.1. The van der Waals surface area contributed by atoms with Crippen LogP contribution >= 0.6 is 34.4 Å². The number of rotatable bonds is 5. The molecule has 8 heteroatoms. The Morgan fingerprint density at radius 1 is 1.12 bits per heavy atom. The minimum atomic E-state index is -0.162. The third kappa shape index (κ3) is 3.96. The predicted octanol–water partition coefficient (Wildman–Crippen LogP) is 3.46. The van der Waals surface area contributed by atoms with Gasteiger partial charge in [0.1, 0.15) is 5.52 Å². The molecule has 0 atom stereocenters. The molecule has 0 fully saturated rings. The zero-order valence-electron chi connectivity index (χ0n) is 13.6. The lowest BCUT2D eigenvalue weighted by molar-refractivity contribution is 0.648. The molecule has 6 nitrogen and oxygen atoms in total. The van der Waals surface area contributed by atoms with Crippen molar-refractivity contribution in [3.05, 3.63) is 79.8 Å². The van der Waals surface area contributed by atoms with E-state index in [2.05, 4.69) is 67.1 Å². The number of fused-ring (bicyclic) bond motifs is 1. The molecule has 0 amide bonds. The molecule has 0 spiro atoms. The summed E-state index contributed by atoms with van der Waals surface area (Å²) in [4.78, 5) is 19.4. The second-order valence-electron chi connectivity index (χ2n) is 5.69. The van der Waals surface area contributed by atoms with Crippen molar-refractivity contribution >= 4 is 45.4 Å². The van der Waals surface area contributed by atoms with E-state index in [0.717, 1.165) is 16.8 Å². The molecule has 0 saturated carbocycles. The summed E-state index contributed by atoms with van der Waals surface area (Å²) in [6, 6.07) is 17.5. The zero-order valence-corrected chi connectivity index (χ0v) is 16.6. The van der Waals surface area contributed by atoms with Crippen molar-refractivity contribution in [2.24, 2.45) is 0 Å². The highest BCUT2D eigenvalue weighted by Crippen LogP contribution is 2.19. The first-order valence-corrected chi connectivity index (χ1v) is 9.99. The molecule has 0 bridgehead atoms. The van der Waals surface area contributed by atoms with Crippen LogP contribution in [0.4, 0.5) is 0 Å². The van der Waals surface area contributed by atoms with Crippen LogP contribution in [0.5, 0.6) is 0 Å². The molecular formula is C18H14IN5OS. The molecular weight excluding hydrogens is 461 g/mol. The number of thioether (sulfide) groups is 1. The minimum absolute atomic E-state index is 0.162. The number of nitrogens with zero attached hydrogens (tertiary/aromatic N) is 4. The van der Waals surface area contributed by atoms with Gasteiger partial charge in [-0.2, -0.15) is 0 Å². The molecule has 0 aliphatic heterocycles. The number of H-pyrrole nitrogens is 1. The third-order valence-electron chi connectivity index (χ3n) is 3.79. The van der Waals surface area contributed by atoms with Crippen LogP contribution in [0.2, 0.25) is 0 Å². The van der Waals surface area contributed by atoms with E-state index >= 15 is 0 Å². The maximum atomic E-state index is 12.0. The van der Waals surface area contributed by atoms with Crippen molar-refractivity contribution in [1.82, 2.24) is 25.0 Å². The summed E-state index contributed by atoms with van der Waals surface area (Å²) in [7, 11) is 0. The molecule has 0 aliphatic carbocycles. The van der Waals surface area contributed by atoms with Crippen molar-refractivity contribution in [3.8, 4) is 0 Å². The van der Waals surface area contributed by atoms with E-state index in [1.165, 1.54) is 27.0 Å². The molecule has 0 radical (unpaired) electrons. The minimum Gasteiger partial charge on any atom is -0.301 e. The van der Waals surface area contributed by atoms with Crippen molar-refractivity contribution in [1.29, 1.82) is 0 Å². The van der Waals surface area contributed by atoms with Gasteiger partial charge in [0.05, 0.1) is 17.8 Å². The van der Waals surface area contributed by atoms with E-state index in [9.17, 15) is 4.79 Å². The van der Waals surface area contributed by atoms with E-state index in [-0.39, 0.29) is 5.56 Å². The fourth-order valence-corrected chi connectivity index (χ4v) is 3.76. The molecule has 0 saturated heterocycles. The smallest absolute Gasteiger partial charge is 0.251 e. The fourth-order valence-electron chi connectivity index (χ4n) is 2.55. The maximum Gasteiger partial charge on any atom is 0.251 e. The first-order chi connectivity index (χ1) is 12.7. The summed E-state index contributed by atoms with van der Waals surface area (Å²) in [6.07, 6.45) is 0. The molecule has 2 aromatic carbocycles. The van der Waals surface area contributed by atoms with Gasteiger partial charge in [-0.15, -0.1) is 5.10 Å². The Morgan fingerprint density at radius 2 is 1.92 bits per heavy atom. The van der Waals surface area contributed by atoms with Crippen LogP contribution in [0.15, 0.2) is 64.5 Å². The number of nitrogens with one attached hydrogen (secondary N) is 1. The van der Waals surface area contributed by atoms with Crippen molar-refractivity contribution in [2.45, 2.75) is 17.5 Å². The van der Waals surface area contributed by atoms with Crippen LogP contribution in [0.1, 0.15) is 11.3 Å². The van der Waals surface area contributed by atoms with Crippen LogP contribution in [-0.4, -0.2) is 25.0 Å². The third-order valence-corrected chi connectivity index (χ3v) is 5.46.